The van der Waals surface area contributed by atoms with Gasteiger partial charge in [-0.2, -0.15) is 0 Å². The van der Waals surface area contributed by atoms with Crippen LogP contribution in [0.5, 0.6) is 0 Å². The molecule has 0 amide bonds. The molecule has 0 bridgehead atoms. The second-order valence-electron chi connectivity index (χ2n) is 6.69. The first-order valence-corrected chi connectivity index (χ1v) is 9.00. The zero-order valence-electron chi connectivity index (χ0n) is 14.5. The Labute approximate surface area is 149 Å². The first-order valence-electron chi connectivity index (χ1n) is 9.00. The SMILES string of the molecule is CCC(N)C(c1cccc2ccccc12)c1cccc2ccccc12. The highest BCUT2D eigenvalue weighted by atomic mass is 14.6. The lowest BCUT2D eigenvalue weighted by molar-refractivity contribution is 0.582. The Morgan fingerprint density at radius 3 is 1.56 bits per heavy atom. The van der Waals surface area contributed by atoms with Crippen LogP contribution in [0.25, 0.3) is 21.5 Å². The Balaban J connectivity index is 2.01. The molecule has 0 spiro atoms. The van der Waals surface area contributed by atoms with Crippen LogP contribution in [0.2, 0.25) is 0 Å². The fourth-order valence-corrected chi connectivity index (χ4v) is 3.91. The van der Waals surface area contributed by atoms with E-state index in [-0.39, 0.29) is 12.0 Å². The molecule has 0 saturated heterocycles. The van der Waals surface area contributed by atoms with E-state index in [1.165, 1.54) is 32.7 Å². The highest BCUT2D eigenvalue weighted by Crippen LogP contribution is 2.37. The van der Waals surface area contributed by atoms with Gasteiger partial charge in [0.1, 0.15) is 0 Å². The molecule has 4 aromatic rings. The molecule has 2 N–H and O–H groups in total. The van der Waals surface area contributed by atoms with Gasteiger partial charge in [0, 0.05) is 12.0 Å². The summed E-state index contributed by atoms with van der Waals surface area (Å²) in [6.07, 6.45) is 0.942. The lowest BCUT2D eigenvalue weighted by atomic mass is 9.80. The van der Waals surface area contributed by atoms with E-state index in [1.807, 2.05) is 0 Å². The average Bonchev–Trinajstić information content (AvgIpc) is 2.68. The van der Waals surface area contributed by atoms with Gasteiger partial charge in [0.25, 0.3) is 0 Å². The minimum absolute atomic E-state index is 0.0802. The van der Waals surface area contributed by atoms with Gasteiger partial charge in [0.05, 0.1) is 0 Å². The predicted molar refractivity (Wildman–Crippen MR) is 108 cm³/mol. The summed E-state index contributed by atoms with van der Waals surface area (Å²) < 4.78 is 0. The summed E-state index contributed by atoms with van der Waals surface area (Å²) in [5.74, 6) is 0.183. The second kappa shape index (κ2) is 6.70. The molecule has 0 aromatic heterocycles. The van der Waals surface area contributed by atoms with Crippen LogP contribution in [0.1, 0.15) is 30.4 Å². The van der Waals surface area contributed by atoms with E-state index in [4.69, 9.17) is 5.73 Å². The molecule has 25 heavy (non-hydrogen) atoms. The minimum atomic E-state index is 0.0802. The van der Waals surface area contributed by atoms with E-state index in [9.17, 15) is 0 Å². The average molecular weight is 325 g/mol. The lowest BCUT2D eigenvalue weighted by Crippen LogP contribution is -2.28. The molecule has 0 heterocycles. The third-order valence-electron chi connectivity index (χ3n) is 5.22. The van der Waals surface area contributed by atoms with Crippen molar-refractivity contribution in [2.45, 2.75) is 25.3 Å². The smallest absolute Gasteiger partial charge is 0.0253 e. The Kier molecular flexibility index (Phi) is 4.25. The molecule has 0 fully saturated rings. The van der Waals surface area contributed by atoms with E-state index >= 15 is 0 Å². The fourth-order valence-electron chi connectivity index (χ4n) is 3.91. The van der Waals surface area contributed by atoms with E-state index in [2.05, 4.69) is 91.9 Å². The van der Waals surface area contributed by atoms with Gasteiger partial charge >= 0.3 is 0 Å². The number of fused-ring (bicyclic) bond motifs is 2. The summed E-state index contributed by atoms with van der Waals surface area (Å²) in [5, 5.41) is 5.14. The summed E-state index contributed by atoms with van der Waals surface area (Å²) in [4.78, 5) is 0. The number of nitrogens with two attached hydrogens (primary N) is 1. The van der Waals surface area contributed by atoms with E-state index in [0.29, 0.717) is 0 Å². The van der Waals surface area contributed by atoms with Crippen molar-refractivity contribution in [1.29, 1.82) is 0 Å². The molecule has 1 heteroatoms. The molecular formula is C24H23N. The van der Waals surface area contributed by atoms with Crippen LogP contribution in [-0.4, -0.2) is 6.04 Å². The van der Waals surface area contributed by atoms with Crippen molar-refractivity contribution in [3.63, 3.8) is 0 Å². The molecule has 1 nitrogen and oxygen atoms in total. The zero-order valence-corrected chi connectivity index (χ0v) is 14.5. The normalized spacial score (nSPS) is 12.8. The Bertz CT molecular complexity index is 929. The van der Waals surface area contributed by atoms with Crippen LogP contribution in [0.3, 0.4) is 0 Å². The molecule has 0 radical (unpaired) electrons. The molecular weight excluding hydrogens is 302 g/mol. The summed E-state index contributed by atoms with van der Waals surface area (Å²) in [7, 11) is 0. The summed E-state index contributed by atoms with van der Waals surface area (Å²) >= 11 is 0. The number of rotatable bonds is 4. The molecule has 1 unspecified atom stereocenters. The summed E-state index contributed by atoms with van der Waals surface area (Å²) in [6, 6.07) is 30.4. The van der Waals surface area contributed by atoms with Gasteiger partial charge in [0.2, 0.25) is 0 Å². The van der Waals surface area contributed by atoms with Gasteiger partial charge in [-0.05, 0) is 39.1 Å². The van der Waals surface area contributed by atoms with Crippen LogP contribution in [-0.2, 0) is 0 Å². The topological polar surface area (TPSA) is 26.0 Å². The summed E-state index contributed by atoms with van der Waals surface area (Å²) in [5.41, 5.74) is 9.31. The predicted octanol–water partition coefficient (Wildman–Crippen LogP) is 5.86. The van der Waals surface area contributed by atoms with Gasteiger partial charge < -0.3 is 5.73 Å². The maximum absolute atomic E-state index is 6.66. The molecule has 4 rings (SSSR count). The highest BCUT2D eigenvalue weighted by molar-refractivity contribution is 5.90. The second-order valence-corrected chi connectivity index (χ2v) is 6.69. The van der Waals surface area contributed by atoms with Gasteiger partial charge in [-0.25, -0.2) is 0 Å². The number of hydrogen-bond donors (Lipinski definition) is 1. The minimum Gasteiger partial charge on any atom is -0.327 e. The van der Waals surface area contributed by atoms with Gasteiger partial charge in [-0.15, -0.1) is 0 Å². The Morgan fingerprint density at radius 1 is 0.640 bits per heavy atom. The van der Waals surface area contributed by atoms with E-state index in [0.717, 1.165) is 6.42 Å². The maximum Gasteiger partial charge on any atom is 0.0253 e. The molecule has 0 aliphatic heterocycles. The monoisotopic (exact) mass is 325 g/mol. The van der Waals surface area contributed by atoms with Gasteiger partial charge in [-0.3, -0.25) is 0 Å². The van der Waals surface area contributed by atoms with Crippen molar-refractivity contribution in [2.75, 3.05) is 0 Å². The molecule has 0 aliphatic rings. The van der Waals surface area contributed by atoms with E-state index < -0.39 is 0 Å². The molecule has 4 aromatic carbocycles. The van der Waals surface area contributed by atoms with Crippen molar-refractivity contribution in [3.05, 3.63) is 96.1 Å². The number of hydrogen-bond acceptors (Lipinski definition) is 1. The molecule has 124 valence electrons. The number of benzene rings is 4. The largest absolute Gasteiger partial charge is 0.327 e. The Morgan fingerprint density at radius 2 is 1.08 bits per heavy atom. The van der Waals surface area contributed by atoms with Crippen molar-refractivity contribution >= 4 is 21.5 Å². The van der Waals surface area contributed by atoms with Crippen LogP contribution >= 0.6 is 0 Å². The Hall–Kier alpha value is -2.64. The van der Waals surface area contributed by atoms with Crippen LogP contribution < -0.4 is 5.73 Å². The van der Waals surface area contributed by atoms with Crippen LogP contribution in [0.15, 0.2) is 84.9 Å². The van der Waals surface area contributed by atoms with Crippen molar-refractivity contribution in [1.82, 2.24) is 0 Å². The molecule has 0 saturated carbocycles. The standard InChI is InChI=1S/C24H23N/c1-2-23(25)24(21-15-7-11-17-9-3-5-13-19(17)21)22-16-8-12-18-10-4-6-14-20(18)22/h3-16,23-24H,2,25H2,1H3. The van der Waals surface area contributed by atoms with Crippen molar-refractivity contribution in [2.24, 2.45) is 5.73 Å². The van der Waals surface area contributed by atoms with Crippen molar-refractivity contribution in [3.8, 4) is 0 Å². The van der Waals surface area contributed by atoms with Gasteiger partial charge in [-0.1, -0.05) is 91.9 Å². The third-order valence-corrected chi connectivity index (χ3v) is 5.22. The van der Waals surface area contributed by atoms with Crippen LogP contribution in [0, 0.1) is 0 Å². The third kappa shape index (κ3) is 2.81. The first kappa shape index (κ1) is 15.9. The van der Waals surface area contributed by atoms with Crippen molar-refractivity contribution < 1.29 is 0 Å². The first-order chi connectivity index (χ1) is 12.3. The fraction of sp³-hybridized carbons (Fsp3) is 0.167. The summed E-state index contributed by atoms with van der Waals surface area (Å²) in [6.45, 7) is 2.17. The van der Waals surface area contributed by atoms with Crippen LogP contribution in [0.4, 0.5) is 0 Å². The quantitative estimate of drug-likeness (QED) is 0.499. The van der Waals surface area contributed by atoms with Gasteiger partial charge in [0.15, 0.2) is 0 Å². The highest BCUT2D eigenvalue weighted by Gasteiger charge is 2.24. The lowest BCUT2D eigenvalue weighted by Gasteiger charge is -2.26. The molecule has 0 aliphatic carbocycles. The zero-order chi connectivity index (χ0) is 17.2. The van der Waals surface area contributed by atoms with E-state index in [1.54, 1.807) is 0 Å². The maximum atomic E-state index is 6.66. The molecule has 1 atom stereocenters.